The summed E-state index contributed by atoms with van der Waals surface area (Å²) in [5.41, 5.74) is 5.11. The van der Waals surface area contributed by atoms with Crippen LogP contribution in [0.2, 0.25) is 0 Å². The highest BCUT2D eigenvalue weighted by Gasteiger charge is 2.05. The smallest absolute Gasteiger partial charge is 0.271 e. The highest BCUT2D eigenvalue weighted by molar-refractivity contribution is 9.10. The van der Waals surface area contributed by atoms with Crippen LogP contribution in [0, 0.1) is 0 Å². The van der Waals surface area contributed by atoms with E-state index in [1.807, 2.05) is 84.9 Å². The van der Waals surface area contributed by atoms with E-state index in [0.717, 1.165) is 32.1 Å². The van der Waals surface area contributed by atoms with Crippen LogP contribution >= 0.6 is 15.9 Å². The van der Waals surface area contributed by atoms with Gasteiger partial charge < -0.3 is 4.74 Å². The summed E-state index contributed by atoms with van der Waals surface area (Å²) in [5, 5.41) is 6.18. The number of benzene rings is 4. The maximum atomic E-state index is 12.3. The van der Waals surface area contributed by atoms with Gasteiger partial charge in [-0.25, -0.2) is 5.43 Å². The number of ether oxygens (including phenoxy) is 1. The van der Waals surface area contributed by atoms with Gasteiger partial charge in [-0.1, -0.05) is 58.4 Å². The molecule has 148 valence electrons. The zero-order valence-electron chi connectivity index (χ0n) is 16.1. The molecule has 0 aliphatic rings. The first-order valence-corrected chi connectivity index (χ1v) is 10.3. The van der Waals surface area contributed by atoms with Crippen LogP contribution < -0.4 is 10.2 Å². The largest absolute Gasteiger partial charge is 0.489 e. The van der Waals surface area contributed by atoms with E-state index >= 15 is 0 Å². The van der Waals surface area contributed by atoms with E-state index in [9.17, 15) is 4.79 Å². The molecule has 0 aromatic heterocycles. The molecule has 0 aliphatic heterocycles. The monoisotopic (exact) mass is 458 g/mol. The number of hydrazone groups is 1. The lowest BCUT2D eigenvalue weighted by Crippen LogP contribution is -2.17. The first kappa shape index (κ1) is 19.9. The molecule has 0 saturated heterocycles. The van der Waals surface area contributed by atoms with Gasteiger partial charge in [-0.2, -0.15) is 5.10 Å². The van der Waals surface area contributed by atoms with Gasteiger partial charge in [0.2, 0.25) is 0 Å². The Morgan fingerprint density at radius 1 is 0.900 bits per heavy atom. The van der Waals surface area contributed by atoms with E-state index in [4.69, 9.17) is 4.74 Å². The molecular formula is C25H19BrN2O2. The van der Waals surface area contributed by atoms with Gasteiger partial charge in [0.25, 0.3) is 5.91 Å². The molecule has 4 nitrogen and oxygen atoms in total. The summed E-state index contributed by atoms with van der Waals surface area (Å²) in [7, 11) is 0. The normalized spacial score (nSPS) is 11.0. The second-order valence-electron chi connectivity index (χ2n) is 6.75. The Hall–Kier alpha value is -3.44. The number of carbonyl (C=O) groups is 1. The summed E-state index contributed by atoms with van der Waals surface area (Å²) >= 11 is 3.42. The van der Waals surface area contributed by atoms with Gasteiger partial charge in [-0.05, 0) is 70.4 Å². The third kappa shape index (κ3) is 5.13. The second-order valence-corrected chi connectivity index (χ2v) is 7.66. The molecule has 1 amide bonds. The van der Waals surface area contributed by atoms with Crippen molar-refractivity contribution in [3.63, 3.8) is 0 Å². The van der Waals surface area contributed by atoms with Crippen molar-refractivity contribution in [1.29, 1.82) is 0 Å². The Bertz CT molecular complexity index is 1190. The average molecular weight is 459 g/mol. The number of rotatable bonds is 6. The number of fused-ring (bicyclic) bond motifs is 1. The van der Waals surface area contributed by atoms with Gasteiger partial charge in [0.1, 0.15) is 12.4 Å². The molecule has 0 atom stereocenters. The van der Waals surface area contributed by atoms with Gasteiger partial charge in [-0.3, -0.25) is 4.79 Å². The Morgan fingerprint density at radius 3 is 2.40 bits per heavy atom. The van der Waals surface area contributed by atoms with Crippen LogP contribution in [0.1, 0.15) is 21.5 Å². The minimum absolute atomic E-state index is 0.244. The number of hydrogen-bond acceptors (Lipinski definition) is 3. The molecule has 0 spiro atoms. The lowest BCUT2D eigenvalue weighted by molar-refractivity contribution is 0.0955. The Labute approximate surface area is 183 Å². The Kier molecular flexibility index (Phi) is 6.20. The first-order chi connectivity index (χ1) is 14.7. The summed E-state index contributed by atoms with van der Waals surface area (Å²) in [6.07, 6.45) is 1.61. The molecule has 1 N–H and O–H groups in total. The van der Waals surface area contributed by atoms with Crippen LogP contribution in [-0.4, -0.2) is 12.1 Å². The molecule has 4 aromatic rings. The molecule has 0 bridgehead atoms. The van der Waals surface area contributed by atoms with Crippen LogP contribution in [-0.2, 0) is 6.61 Å². The molecule has 5 heteroatoms. The van der Waals surface area contributed by atoms with E-state index in [1.54, 1.807) is 12.3 Å². The fraction of sp³-hybridized carbons (Fsp3) is 0.0400. The van der Waals surface area contributed by atoms with Gasteiger partial charge in [-0.15, -0.1) is 0 Å². The average Bonchev–Trinajstić information content (AvgIpc) is 2.79. The van der Waals surface area contributed by atoms with Crippen LogP contribution in [0.4, 0.5) is 0 Å². The van der Waals surface area contributed by atoms with Gasteiger partial charge in [0.05, 0.1) is 6.21 Å². The molecule has 0 unspecified atom stereocenters. The first-order valence-electron chi connectivity index (χ1n) is 9.47. The summed E-state index contributed by atoms with van der Waals surface area (Å²) in [6, 6.07) is 29.1. The molecule has 0 heterocycles. The van der Waals surface area contributed by atoms with Gasteiger partial charge in [0, 0.05) is 10.0 Å². The molecule has 4 rings (SSSR count). The van der Waals surface area contributed by atoms with Crippen molar-refractivity contribution in [2.24, 2.45) is 5.10 Å². The van der Waals surface area contributed by atoms with Crippen molar-refractivity contribution in [2.45, 2.75) is 6.61 Å². The second kappa shape index (κ2) is 9.37. The van der Waals surface area contributed by atoms with Crippen molar-refractivity contribution >= 4 is 38.8 Å². The van der Waals surface area contributed by atoms with Gasteiger partial charge >= 0.3 is 0 Å². The third-order valence-corrected chi connectivity index (χ3v) is 5.12. The van der Waals surface area contributed by atoms with Crippen LogP contribution in [0.15, 0.2) is 101 Å². The van der Waals surface area contributed by atoms with Crippen molar-refractivity contribution in [3.8, 4) is 5.75 Å². The number of hydrogen-bond donors (Lipinski definition) is 1. The van der Waals surface area contributed by atoms with E-state index in [2.05, 4.69) is 26.5 Å². The molecule has 0 saturated carbocycles. The predicted molar refractivity (Wildman–Crippen MR) is 124 cm³/mol. The zero-order chi connectivity index (χ0) is 20.8. The predicted octanol–water partition coefficient (Wildman–Crippen LogP) is 5.95. The topological polar surface area (TPSA) is 50.7 Å². The van der Waals surface area contributed by atoms with E-state index in [1.165, 1.54) is 0 Å². The fourth-order valence-corrected chi connectivity index (χ4v) is 3.22. The lowest BCUT2D eigenvalue weighted by atomic mass is 10.1. The Morgan fingerprint density at radius 2 is 1.63 bits per heavy atom. The third-order valence-electron chi connectivity index (χ3n) is 4.59. The molecule has 0 fully saturated rings. The minimum atomic E-state index is -0.244. The molecule has 4 aromatic carbocycles. The number of nitrogens with zero attached hydrogens (tertiary/aromatic N) is 1. The zero-order valence-corrected chi connectivity index (χ0v) is 17.7. The van der Waals surface area contributed by atoms with Crippen molar-refractivity contribution < 1.29 is 9.53 Å². The molecule has 0 radical (unpaired) electrons. The lowest BCUT2D eigenvalue weighted by Gasteiger charge is -2.06. The Balaban J connectivity index is 1.32. The summed E-state index contributed by atoms with van der Waals surface area (Å²) in [5.74, 6) is 0.529. The van der Waals surface area contributed by atoms with Crippen LogP contribution in [0.5, 0.6) is 5.75 Å². The van der Waals surface area contributed by atoms with Gasteiger partial charge in [0.15, 0.2) is 0 Å². The molecule has 30 heavy (non-hydrogen) atoms. The molecular weight excluding hydrogens is 440 g/mol. The van der Waals surface area contributed by atoms with Crippen molar-refractivity contribution in [2.75, 3.05) is 0 Å². The number of nitrogens with one attached hydrogen (secondary N) is 1. The number of carbonyl (C=O) groups excluding carboxylic acids is 1. The SMILES string of the molecule is O=C(N/N=C\c1ccc(OCc2ccc(Br)cc2)cc1)c1ccc2ccccc2c1. The maximum absolute atomic E-state index is 12.3. The highest BCUT2D eigenvalue weighted by Crippen LogP contribution is 2.17. The minimum Gasteiger partial charge on any atom is -0.489 e. The van der Waals surface area contributed by atoms with Crippen molar-refractivity contribution in [1.82, 2.24) is 5.43 Å². The highest BCUT2D eigenvalue weighted by atomic mass is 79.9. The summed E-state index contributed by atoms with van der Waals surface area (Å²) in [6.45, 7) is 0.503. The fourth-order valence-electron chi connectivity index (χ4n) is 2.96. The standard InChI is InChI=1S/C25H19BrN2O2/c26-23-11-5-19(6-12-23)17-30-24-13-7-18(8-14-24)16-27-28-25(29)22-10-9-20-3-1-2-4-21(20)15-22/h1-16H,17H2,(H,28,29)/b27-16-. The van der Waals surface area contributed by atoms with E-state index in [-0.39, 0.29) is 5.91 Å². The van der Waals surface area contributed by atoms with E-state index in [0.29, 0.717) is 12.2 Å². The quantitative estimate of drug-likeness (QED) is 0.286. The summed E-state index contributed by atoms with van der Waals surface area (Å²) < 4.78 is 6.84. The summed E-state index contributed by atoms with van der Waals surface area (Å²) in [4.78, 5) is 12.3. The van der Waals surface area contributed by atoms with Crippen LogP contribution in [0.25, 0.3) is 10.8 Å². The number of halogens is 1. The van der Waals surface area contributed by atoms with E-state index < -0.39 is 0 Å². The molecule has 0 aliphatic carbocycles. The maximum Gasteiger partial charge on any atom is 0.271 e. The van der Waals surface area contributed by atoms with Crippen molar-refractivity contribution in [3.05, 3.63) is 112 Å². The number of amides is 1. The van der Waals surface area contributed by atoms with Crippen LogP contribution in [0.3, 0.4) is 0 Å².